The van der Waals surface area contributed by atoms with Crippen LogP contribution in [0.1, 0.15) is 15.9 Å². The number of hydrogen-bond donors (Lipinski definition) is 1. The first kappa shape index (κ1) is 14.4. The molecule has 1 heterocycles. The summed E-state index contributed by atoms with van der Waals surface area (Å²) in [5.41, 5.74) is 1.22. The third kappa shape index (κ3) is 3.96. The summed E-state index contributed by atoms with van der Waals surface area (Å²) in [5, 5.41) is 10.2. The van der Waals surface area contributed by atoms with Gasteiger partial charge in [-0.2, -0.15) is 0 Å². The van der Waals surface area contributed by atoms with Gasteiger partial charge < -0.3 is 5.11 Å². The highest BCUT2D eigenvalue weighted by molar-refractivity contribution is 9.10. The van der Waals surface area contributed by atoms with Gasteiger partial charge in [0.1, 0.15) is 0 Å². The molecule has 0 unspecified atom stereocenters. The molecule has 0 spiro atoms. The van der Waals surface area contributed by atoms with Crippen LogP contribution in [-0.2, 0) is 5.75 Å². The van der Waals surface area contributed by atoms with Gasteiger partial charge in [0.2, 0.25) is 0 Å². The molecular formula is C13H9BrClNO2S. The summed E-state index contributed by atoms with van der Waals surface area (Å²) in [5.74, 6) is -0.312. The van der Waals surface area contributed by atoms with E-state index in [0.717, 1.165) is 10.0 Å². The van der Waals surface area contributed by atoms with Crippen LogP contribution in [0.3, 0.4) is 0 Å². The third-order valence-corrected chi connectivity index (χ3v) is 4.19. The van der Waals surface area contributed by atoms with E-state index in [1.54, 1.807) is 6.07 Å². The number of aromatic nitrogens is 1. The summed E-state index contributed by atoms with van der Waals surface area (Å²) < 4.78 is 0.928. The highest BCUT2D eigenvalue weighted by Gasteiger charge is 2.06. The maximum atomic E-state index is 10.9. The number of aromatic carboxylic acids is 1. The van der Waals surface area contributed by atoms with E-state index >= 15 is 0 Å². The highest BCUT2D eigenvalue weighted by atomic mass is 79.9. The van der Waals surface area contributed by atoms with Gasteiger partial charge in [-0.25, -0.2) is 9.78 Å². The van der Waals surface area contributed by atoms with E-state index in [4.69, 9.17) is 16.7 Å². The Morgan fingerprint density at radius 2 is 2.16 bits per heavy atom. The van der Waals surface area contributed by atoms with Crippen LogP contribution in [0, 0.1) is 0 Å². The molecule has 0 saturated carbocycles. The van der Waals surface area contributed by atoms with Gasteiger partial charge in [-0.15, -0.1) is 11.8 Å². The van der Waals surface area contributed by atoms with Crippen molar-refractivity contribution >= 4 is 45.3 Å². The number of nitrogens with zero attached hydrogens (tertiary/aromatic N) is 1. The molecule has 3 nitrogen and oxygen atoms in total. The summed E-state index contributed by atoms with van der Waals surface area (Å²) in [7, 11) is 0. The monoisotopic (exact) mass is 357 g/mol. The predicted molar refractivity (Wildman–Crippen MR) is 79.9 cm³/mol. The van der Waals surface area contributed by atoms with E-state index < -0.39 is 5.97 Å². The topological polar surface area (TPSA) is 50.2 Å². The maximum absolute atomic E-state index is 10.9. The highest BCUT2D eigenvalue weighted by Crippen LogP contribution is 2.28. The normalized spacial score (nSPS) is 10.4. The SMILES string of the molecule is O=C(O)c1ccnc(SCc2ccc(Br)cc2Cl)c1. The quantitative estimate of drug-likeness (QED) is 0.818. The van der Waals surface area contributed by atoms with E-state index in [2.05, 4.69) is 20.9 Å². The Kier molecular flexibility index (Phi) is 4.85. The first-order valence-electron chi connectivity index (χ1n) is 5.32. The molecule has 1 aromatic heterocycles. The van der Waals surface area contributed by atoms with E-state index in [1.165, 1.54) is 24.0 Å². The number of halogens is 2. The molecule has 0 aliphatic carbocycles. The Morgan fingerprint density at radius 1 is 1.37 bits per heavy atom. The lowest BCUT2D eigenvalue weighted by atomic mass is 10.2. The molecule has 0 aliphatic heterocycles. The van der Waals surface area contributed by atoms with Crippen LogP contribution < -0.4 is 0 Å². The number of thioether (sulfide) groups is 1. The van der Waals surface area contributed by atoms with Crippen molar-refractivity contribution in [2.45, 2.75) is 10.8 Å². The van der Waals surface area contributed by atoms with Crippen LogP contribution >= 0.6 is 39.3 Å². The second-order valence-corrected chi connectivity index (χ2v) is 6.03. The van der Waals surface area contributed by atoms with Crippen molar-refractivity contribution in [3.05, 3.63) is 57.2 Å². The number of rotatable bonds is 4. The van der Waals surface area contributed by atoms with Gasteiger partial charge in [-0.3, -0.25) is 0 Å². The Hall–Kier alpha value is -1.04. The lowest BCUT2D eigenvalue weighted by molar-refractivity contribution is 0.0696. The number of carboxylic acids is 1. The molecule has 2 rings (SSSR count). The summed E-state index contributed by atoms with van der Waals surface area (Å²) in [6, 6.07) is 8.71. The van der Waals surface area contributed by atoms with Gasteiger partial charge in [0.05, 0.1) is 10.6 Å². The van der Waals surface area contributed by atoms with Crippen LogP contribution in [0.15, 0.2) is 46.0 Å². The molecule has 19 heavy (non-hydrogen) atoms. The first-order valence-corrected chi connectivity index (χ1v) is 7.48. The van der Waals surface area contributed by atoms with Gasteiger partial charge in [0, 0.05) is 21.4 Å². The van der Waals surface area contributed by atoms with Crippen molar-refractivity contribution in [3.63, 3.8) is 0 Å². The van der Waals surface area contributed by atoms with Gasteiger partial charge >= 0.3 is 5.97 Å². The van der Waals surface area contributed by atoms with Crippen LogP contribution in [0.25, 0.3) is 0 Å². The van der Waals surface area contributed by atoms with E-state index in [1.807, 2.05) is 18.2 Å². The van der Waals surface area contributed by atoms with Crippen molar-refractivity contribution < 1.29 is 9.90 Å². The zero-order valence-corrected chi connectivity index (χ0v) is 12.8. The Bertz CT molecular complexity index is 621. The van der Waals surface area contributed by atoms with Crippen molar-refractivity contribution in [2.24, 2.45) is 0 Å². The molecule has 2 aromatic rings. The second-order valence-electron chi connectivity index (χ2n) is 3.71. The van der Waals surface area contributed by atoms with Crippen molar-refractivity contribution in [1.29, 1.82) is 0 Å². The summed E-state index contributed by atoms with van der Waals surface area (Å²) in [4.78, 5) is 15.0. The number of pyridine rings is 1. The summed E-state index contributed by atoms with van der Waals surface area (Å²) >= 11 is 10.9. The van der Waals surface area contributed by atoms with E-state index in [9.17, 15) is 4.79 Å². The molecular weight excluding hydrogens is 350 g/mol. The van der Waals surface area contributed by atoms with Gasteiger partial charge in [0.25, 0.3) is 0 Å². The number of benzene rings is 1. The summed E-state index contributed by atoms with van der Waals surface area (Å²) in [6.45, 7) is 0. The Labute approximate surface area is 128 Å². The lowest BCUT2D eigenvalue weighted by Crippen LogP contribution is -1.96. The largest absolute Gasteiger partial charge is 0.478 e. The molecule has 1 aromatic carbocycles. The first-order chi connectivity index (χ1) is 9.06. The maximum Gasteiger partial charge on any atom is 0.335 e. The van der Waals surface area contributed by atoms with Crippen LogP contribution in [-0.4, -0.2) is 16.1 Å². The van der Waals surface area contributed by atoms with Crippen LogP contribution in [0.5, 0.6) is 0 Å². The number of hydrogen-bond acceptors (Lipinski definition) is 3. The van der Waals surface area contributed by atoms with Gasteiger partial charge in [-0.1, -0.05) is 33.6 Å². The second kappa shape index (κ2) is 6.41. The van der Waals surface area contributed by atoms with Crippen molar-refractivity contribution in [3.8, 4) is 0 Å². The molecule has 6 heteroatoms. The average molecular weight is 359 g/mol. The minimum Gasteiger partial charge on any atom is -0.478 e. The van der Waals surface area contributed by atoms with E-state index in [0.29, 0.717) is 15.8 Å². The van der Waals surface area contributed by atoms with Crippen molar-refractivity contribution in [2.75, 3.05) is 0 Å². The fourth-order valence-electron chi connectivity index (χ4n) is 1.41. The molecule has 0 bridgehead atoms. The molecule has 0 aliphatic rings. The molecule has 0 atom stereocenters. The Balaban J connectivity index is 2.10. The zero-order chi connectivity index (χ0) is 13.8. The van der Waals surface area contributed by atoms with Crippen molar-refractivity contribution in [1.82, 2.24) is 4.98 Å². The minimum atomic E-state index is -0.953. The Morgan fingerprint density at radius 3 is 2.84 bits per heavy atom. The minimum absolute atomic E-state index is 0.236. The number of carboxylic acid groups (broad SMARTS) is 1. The molecule has 0 saturated heterocycles. The fraction of sp³-hybridized carbons (Fsp3) is 0.0769. The van der Waals surface area contributed by atoms with Gasteiger partial charge in [-0.05, 0) is 29.8 Å². The molecule has 0 fully saturated rings. The lowest BCUT2D eigenvalue weighted by Gasteiger charge is -2.05. The summed E-state index contributed by atoms with van der Waals surface area (Å²) in [6.07, 6.45) is 1.50. The zero-order valence-electron chi connectivity index (χ0n) is 9.64. The predicted octanol–water partition coefficient (Wildman–Crippen LogP) is 4.49. The fourth-order valence-corrected chi connectivity index (χ4v) is 3.13. The molecule has 98 valence electrons. The average Bonchev–Trinajstić information content (AvgIpc) is 2.38. The molecule has 0 radical (unpaired) electrons. The van der Waals surface area contributed by atoms with E-state index in [-0.39, 0.29) is 5.56 Å². The van der Waals surface area contributed by atoms with Crippen LogP contribution in [0.4, 0.5) is 0 Å². The standard InChI is InChI=1S/C13H9BrClNO2S/c14-10-2-1-9(11(15)6-10)7-19-12-5-8(13(17)18)3-4-16-12/h1-6H,7H2,(H,17,18). The smallest absolute Gasteiger partial charge is 0.335 e. The molecule has 0 amide bonds. The molecule has 1 N–H and O–H groups in total. The third-order valence-electron chi connectivity index (χ3n) is 2.37. The van der Waals surface area contributed by atoms with Gasteiger partial charge in [0.15, 0.2) is 0 Å². The number of carbonyl (C=O) groups is 1. The van der Waals surface area contributed by atoms with Crippen LogP contribution in [0.2, 0.25) is 5.02 Å².